The number of rotatable bonds is 5. The fourth-order valence-electron chi connectivity index (χ4n) is 1.34. The van der Waals surface area contributed by atoms with Crippen LogP contribution < -0.4 is 4.72 Å². The summed E-state index contributed by atoms with van der Waals surface area (Å²) in [6, 6.07) is 3.99. The Morgan fingerprint density at radius 2 is 1.84 bits per heavy atom. The predicted octanol–water partition coefficient (Wildman–Crippen LogP) is 1.53. The molecule has 1 aromatic carbocycles. The third-order valence-electron chi connectivity index (χ3n) is 2.49. The maximum atomic E-state index is 12.0. The summed E-state index contributed by atoms with van der Waals surface area (Å²) in [5.41, 5.74) is -0.170. The van der Waals surface area contributed by atoms with Gasteiger partial charge in [0.05, 0.1) is 15.9 Å². The molecule has 0 amide bonds. The molecule has 1 atom stereocenters. The molecule has 6 nitrogen and oxygen atoms in total. The highest BCUT2D eigenvalue weighted by atomic mass is 32.2. The maximum Gasteiger partial charge on any atom is 0.269 e. The van der Waals surface area contributed by atoms with Crippen molar-refractivity contribution in [1.29, 1.82) is 0 Å². The summed E-state index contributed by atoms with van der Waals surface area (Å²) in [6.45, 7) is 3.59. The molecule has 7 heteroatoms. The van der Waals surface area contributed by atoms with E-state index in [0.29, 0.717) is 0 Å². The van der Waals surface area contributed by atoms with Gasteiger partial charge in [0, 0.05) is 12.1 Å². The highest BCUT2D eigenvalue weighted by molar-refractivity contribution is 7.89. The Morgan fingerprint density at radius 1 is 1.32 bits per heavy atom. The molecule has 0 spiro atoms. The zero-order valence-electron chi connectivity index (χ0n) is 10.5. The van der Waals surface area contributed by atoms with Gasteiger partial charge in [-0.1, -0.05) is 19.8 Å². The highest BCUT2D eigenvalue weighted by Gasteiger charge is 2.21. The lowest BCUT2D eigenvalue weighted by Crippen LogP contribution is -2.37. The minimum atomic E-state index is -3.77. The molecule has 0 aliphatic carbocycles. The number of nitro benzene ring substituents is 1. The molecule has 0 heterocycles. The summed E-state index contributed by atoms with van der Waals surface area (Å²) in [6.07, 6.45) is 5.26. The molecule has 0 bridgehead atoms. The molecule has 0 aromatic heterocycles. The molecule has 1 rings (SSSR count). The Balaban J connectivity index is 3.01. The first-order valence-corrected chi connectivity index (χ1v) is 6.99. The van der Waals surface area contributed by atoms with E-state index in [1.807, 2.05) is 0 Å². The summed E-state index contributed by atoms with van der Waals surface area (Å²) < 4.78 is 26.4. The van der Waals surface area contributed by atoms with Crippen molar-refractivity contribution in [2.24, 2.45) is 5.92 Å². The zero-order valence-corrected chi connectivity index (χ0v) is 11.3. The number of non-ortho nitro benzene ring substituents is 1. The molecule has 0 aliphatic rings. The van der Waals surface area contributed by atoms with E-state index in [-0.39, 0.29) is 16.5 Å². The van der Waals surface area contributed by atoms with Crippen LogP contribution in [0.2, 0.25) is 0 Å². The normalized spacial score (nSPS) is 12.9. The Morgan fingerprint density at radius 3 is 2.21 bits per heavy atom. The molecule has 19 heavy (non-hydrogen) atoms. The van der Waals surface area contributed by atoms with Gasteiger partial charge in [-0.05, 0) is 18.1 Å². The Bertz CT molecular complexity index is 600. The van der Waals surface area contributed by atoms with Crippen LogP contribution in [0.15, 0.2) is 29.2 Å². The molecule has 1 N–H and O–H groups in total. The van der Waals surface area contributed by atoms with E-state index < -0.39 is 21.0 Å². The van der Waals surface area contributed by atoms with Crippen molar-refractivity contribution in [1.82, 2.24) is 4.72 Å². The minimum absolute atomic E-state index is 0.0565. The predicted molar refractivity (Wildman–Crippen MR) is 70.9 cm³/mol. The van der Waals surface area contributed by atoms with Gasteiger partial charge in [-0.3, -0.25) is 10.1 Å². The first kappa shape index (κ1) is 15.1. The van der Waals surface area contributed by atoms with Gasteiger partial charge in [0.15, 0.2) is 0 Å². The van der Waals surface area contributed by atoms with Crippen LogP contribution in [0.4, 0.5) is 5.69 Å². The quantitative estimate of drug-likeness (QED) is 0.504. The average molecular weight is 282 g/mol. The van der Waals surface area contributed by atoms with Gasteiger partial charge < -0.3 is 0 Å². The smallest absolute Gasteiger partial charge is 0.258 e. The first-order valence-electron chi connectivity index (χ1n) is 5.51. The third kappa shape index (κ3) is 3.77. The van der Waals surface area contributed by atoms with Crippen molar-refractivity contribution < 1.29 is 13.3 Å². The molecule has 0 fully saturated rings. The molecule has 0 saturated heterocycles. The number of benzene rings is 1. The van der Waals surface area contributed by atoms with Crippen LogP contribution in [0.25, 0.3) is 0 Å². The van der Waals surface area contributed by atoms with Crippen LogP contribution in [-0.4, -0.2) is 19.4 Å². The van der Waals surface area contributed by atoms with E-state index in [9.17, 15) is 18.5 Å². The van der Waals surface area contributed by atoms with E-state index in [2.05, 4.69) is 10.6 Å². The molecular weight excluding hydrogens is 268 g/mol. The molecular formula is C12H14N2O4S. The summed E-state index contributed by atoms with van der Waals surface area (Å²) >= 11 is 0. The van der Waals surface area contributed by atoms with Crippen molar-refractivity contribution in [3.63, 3.8) is 0 Å². The van der Waals surface area contributed by atoms with Gasteiger partial charge in [-0.15, -0.1) is 6.42 Å². The van der Waals surface area contributed by atoms with Crippen LogP contribution in [-0.2, 0) is 10.0 Å². The van der Waals surface area contributed by atoms with E-state index in [1.165, 1.54) is 12.1 Å². The number of hydrogen-bond donors (Lipinski definition) is 1. The zero-order chi connectivity index (χ0) is 14.6. The van der Waals surface area contributed by atoms with E-state index in [1.54, 1.807) is 13.8 Å². The Labute approximate surface area is 112 Å². The van der Waals surface area contributed by atoms with Gasteiger partial charge in [0.1, 0.15) is 0 Å². The Kier molecular flexibility index (Phi) is 4.64. The lowest BCUT2D eigenvalue weighted by Gasteiger charge is -2.16. The molecule has 102 valence electrons. The van der Waals surface area contributed by atoms with Crippen molar-refractivity contribution in [3.05, 3.63) is 34.4 Å². The molecule has 0 radical (unpaired) electrons. The number of nitrogens with zero attached hydrogens (tertiary/aromatic N) is 1. The number of hydrogen-bond acceptors (Lipinski definition) is 4. The standard InChI is InChI=1S/C12H14N2O4S/c1-4-12(9(2)3)13-19(17,18)11-7-5-10(6-8-11)14(15)16/h1,5-9,12-13H,2-3H3. The van der Waals surface area contributed by atoms with Crippen LogP contribution in [0.1, 0.15) is 13.8 Å². The second kappa shape index (κ2) is 5.82. The molecule has 0 saturated carbocycles. The highest BCUT2D eigenvalue weighted by Crippen LogP contribution is 2.16. The largest absolute Gasteiger partial charge is 0.269 e. The third-order valence-corrected chi connectivity index (χ3v) is 3.94. The van der Waals surface area contributed by atoms with E-state index in [0.717, 1.165) is 12.1 Å². The van der Waals surface area contributed by atoms with Crippen LogP contribution in [0, 0.1) is 28.4 Å². The van der Waals surface area contributed by atoms with Gasteiger partial charge in [-0.25, -0.2) is 8.42 Å². The lowest BCUT2D eigenvalue weighted by molar-refractivity contribution is -0.384. The monoisotopic (exact) mass is 282 g/mol. The van der Waals surface area contributed by atoms with Gasteiger partial charge in [0.2, 0.25) is 10.0 Å². The SMILES string of the molecule is C#CC(NS(=O)(=O)c1ccc([N+](=O)[O-])cc1)C(C)C. The molecule has 1 aromatic rings. The van der Waals surface area contributed by atoms with Gasteiger partial charge in [-0.2, -0.15) is 4.72 Å². The second-order valence-electron chi connectivity index (χ2n) is 4.26. The second-order valence-corrected chi connectivity index (χ2v) is 5.97. The fourth-order valence-corrected chi connectivity index (χ4v) is 2.65. The Hall–Kier alpha value is -1.91. The van der Waals surface area contributed by atoms with E-state index in [4.69, 9.17) is 6.42 Å². The molecule has 1 unspecified atom stereocenters. The molecule has 0 aliphatic heterocycles. The summed E-state index contributed by atoms with van der Waals surface area (Å²) in [4.78, 5) is 9.84. The van der Waals surface area contributed by atoms with Crippen LogP contribution in [0.3, 0.4) is 0 Å². The summed E-state index contributed by atoms with van der Waals surface area (Å²) in [7, 11) is -3.77. The lowest BCUT2D eigenvalue weighted by atomic mass is 10.1. The number of nitro groups is 1. The summed E-state index contributed by atoms with van der Waals surface area (Å²) in [5, 5.41) is 10.5. The van der Waals surface area contributed by atoms with Crippen LogP contribution in [0.5, 0.6) is 0 Å². The maximum absolute atomic E-state index is 12.0. The first-order chi connectivity index (χ1) is 8.77. The van der Waals surface area contributed by atoms with Gasteiger partial charge in [0.25, 0.3) is 5.69 Å². The van der Waals surface area contributed by atoms with Crippen molar-refractivity contribution in [2.75, 3.05) is 0 Å². The minimum Gasteiger partial charge on any atom is -0.258 e. The van der Waals surface area contributed by atoms with Crippen molar-refractivity contribution in [2.45, 2.75) is 24.8 Å². The van der Waals surface area contributed by atoms with Gasteiger partial charge >= 0.3 is 0 Å². The van der Waals surface area contributed by atoms with Crippen LogP contribution >= 0.6 is 0 Å². The topological polar surface area (TPSA) is 89.3 Å². The number of terminal acetylenes is 1. The van der Waals surface area contributed by atoms with E-state index >= 15 is 0 Å². The van der Waals surface area contributed by atoms with Crippen molar-refractivity contribution >= 4 is 15.7 Å². The number of sulfonamides is 1. The van der Waals surface area contributed by atoms with Crippen molar-refractivity contribution in [3.8, 4) is 12.3 Å². The number of nitrogens with one attached hydrogen (secondary N) is 1. The summed E-state index contributed by atoms with van der Waals surface area (Å²) in [5.74, 6) is 2.30. The fraction of sp³-hybridized carbons (Fsp3) is 0.333. The average Bonchev–Trinajstić information content (AvgIpc) is 2.35.